The first-order valence-electron chi connectivity index (χ1n) is 6.00. The molecule has 2 rings (SSSR count). The van der Waals surface area contributed by atoms with E-state index in [1.165, 1.54) is 0 Å². The smallest absolute Gasteiger partial charge is 0.192 e. The van der Waals surface area contributed by atoms with E-state index < -0.39 is 0 Å². The molecular formula is C13H19N3O. The lowest BCUT2D eigenvalue weighted by Crippen LogP contribution is -2.14. The lowest BCUT2D eigenvalue weighted by atomic mass is 10.1. The number of nitrogens with two attached hydrogens (primary N) is 1. The third-order valence-corrected chi connectivity index (χ3v) is 2.86. The molecule has 92 valence electrons. The monoisotopic (exact) mass is 233 g/mol. The molecule has 4 heteroatoms. The fourth-order valence-corrected chi connectivity index (χ4v) is 1.73. The molecule has 3 N–H and O–H groups in total. The molecule has 0 aliphatic heterocycles. The van der Waals surface area contributed by atoms with Crippen LogP contribution in [0.3, 0.4) is 0 Å². The minimum atomic E-state index is 0.554. The van der Waals surface area contributed by atoms with Gasteiger partial charge in [-0.3, -0.25) is 0 Å². The van der Waals surface area contributed by atoms with Crippen LogP contribution in [-0.4, -0.2) is 18.1 Å². The number of oxazole rings is 1. The second kappa shape index (κ2) is 5.19. The molecule has 1 aromatic heterocycles. The van der Waals surface area contributed by atoms with E-state index in [0.717, 1.165) is 36.3 Å². The van der Waals surface area contributed by atoms with Crippen molar-refractivity contribution in [1.29, 1.82) is 0 Å². The zero-order valence-electron chi connectivity index (χ0n) is 10.4. The van der Waals surface area contributed by atoms with Crippen LogP contribution in [0.5, 0.6) is 0 Å². The second-order valence-electron chi connectivity index (χ2n) is 4.47. The van der Waals surface area contributed by atoms with Gasteiger partial charge in [0.05, 0.1) is 0 Å². The van der Waals surface area contributed by atoms with E-state index in [9.17, 15) is 0 Å². The number of nitrogens with zero attached hydrogens (tertiary/aromatic N) is 1. The van der Waals surface area contributed by atoms with Gasteiger partial charge in [-0.2, -0.15) is 0 Å². The van der Waals surface area contributed by atoms with Gasteiger partial charge in [0.25, 0.3) is 0 Å². The van der Waals surface area contributed by atoms with Crippen molar-refractivity contribution in [3.05, 3.63) is 24.1 Å². The number of nitrogens with one attached hydrogen (secondary N) is 1. The Hall–Kier alpha value is -1.55. The lowest BCUT2D eigenvalue weighted by Gasteiger charge is -2.09. The van der Waals surface area contributed by atoms with Crippen molar-refractivity contribution in [2.75, 3.05) is 18.4 Å². The molecule has 1 aromatic carbocycles. The lowest BCUT2D eigenvalue weighted by molar-refractivity contribution is 0.559. The highest BCUT2D eigenvalue weighted by Crippen LogP contribution is 2.19. The van der Waals surface area contributed by atoms with Crippen LogP contribution in [-0.2, 0) is 0 Å². The van der Waals surface area contributed by atoms with Crippen molar-refractivity contribution < 1.29 is 4.42 Å². The minimum Gasteiger partial charge on any atom is -0.441 e. The summed E-state index contributed by atoms with van der Waals surface area (Å²) in [6.07, 6.45) is 1.07. The molecule has 1 unspecified atom stereocenters. The summed E-state index contributed by atoms with van der Waals surface area (Å²) < 4.78 is 5.49. The third kappa shape index (κ3) is 2.97. The summed E-state index contributed by atoms with van der Waals surface area (Å²) in [7, 11) is 0. The summed E-state index contributed by atoms with van der Waals surface area (Å²) in [5.41, 5.74) is 8.38. The zero-order chi connectivity index (χ0) is 12.3. The average Bonchev–Trinajstić information content (AvgIpc) is 2.68. The first-order chi connectivity index (χ1) is 8.19. The van der Waals surface area contributed by atoms with Crippen LogP contribution < -0.4 is 11.1 Å². The fourth-order valence-electron chi connectivity index (χ4n) is 1.73. The molecule has 17 heavy (non-hydrogen) atoms. The Bertz CT molecular complexity index is 492. The van der Waals surface area contributed by atoms with E-state index in [0.29, 0.717) is 11.8 Å². The maximum atomic E-state index is 5.58. The summed E-state index contributed by atoms with van der Waals surface area (Å²) in [6, 6.07) is 5.99. The summed E-state index contributed by atoms with van der Waals surface area (Å²) in [6.45, 7) is 5.68. The standard InChI is InChI=1S/C13H19N3O/c1-9(8-14)5-6-15-11-3-4-12-13(7-11)17-10(2)16-12/h3-4,7,9,15H,5-6,8,14H2,1-2H3. The van der Waals surface area contributed by atoms with Crippen LogP contribution in [0.2, 0.25) is 0 Å². The van der Waals surface area contributed by atoms with Crippen molar-refractivity contribution in [2.24, 2.45) is 11.7 Å². The van der Waals surface area contributed by atoms with Gasteiger partial charge in [0, 0.05) is 25.2 Å². The fraction of sp³-hybridized carbons (Fsp3) is 0.462. The second-order valence-corrected chi connectivity index (χ2v) is 4.47. The largest absolute Gasteiger partial charge is 0.441 e. The molecule has 0 aliphatic rings. The topological polar surface area (TPSA) is 64.1 Å². The Morgan fingerprint density at radius 1 is 1.47 bits per heavy atom. The van der Waals surface area contributed by atoms with Crippen molar-refractivity contribution in [3.63, 3.8) is 0 Å². The molecule has 0 saturated heterocycles. The van der Waals surface area contributed by atoms with E-state index in [1.807, 2.05) is 25.1 Å². The van der Waals surface area contributed by atoms with Gasteiger partial charge in [0.1, 0.15) is 5.52 Å². The predicted molar refractivity (Wildman–Crippen MR) is 70.1 cm³/mol. The molecule has 1 atom stereocenters. The van der Waals surface area contributed by atoms with Crippen molar-refractivity contribution in [3.8, 4) is 0 Å². The highest BCUT2D eigenvalue weighted by Gasteiger charge is 2.03. The van der Waals surface area contributed by atoms with Crippen molar-refractivity contribution >= 4 is 16.8 Å². The molecular weight excluding hydrogens is 214 g/mol. The van der Waals surface area contributed by atoms with Crippen molar-refractivity contribution in [1.82, 2.24) is 4.98 Å². The average molecular weight is 233 g/mol. The Morgan fingerprint density at radius 3 is 3.06 bits per heavy atom. The Kier molecular flexibility index (Phi) is 3.64. The number of aromatic nitrogens is 1. The molecule has 2 aromatic rings. The SMILES string of the molecule is Cc1nc2ccc(NCCC(C)CN)cc2o1. The van der Waals surface area contributed by atoms with Crippen LogP contribution in [0.15, 0.2) is 22.6 Å². The van der Waals surface area contributed by atoms with E-state index in [2.05, 4.69) is 17.2 Å². The van der Waals surface area contributed by atoms with Crippen LogP contribution in [0.1, 0.15) is 19.2 Å². The van der Waals surface area contributed by atoms with Gasteiger partial charge in [-0.1, -0.05) is 6.92 Å². The van der Waals surface area contributed by atoms with Gasteiger partial charge in [-0.15, -0.1) is 0 Å². The van der Waals surface area contributed by atoms with Gasteiger partial charge >= 0.3 is 0 Å². The Labute approximate surface area is 101 Å². The van der Waals surface area contributed by atoms with Crippen LogP contribution in [0.25, 0.3) is 11.1 Å². The highest BCUT2D eigenvalue weighted by molar-refractivity contribution is 5.77. The number of rotatable bonds is 5. The van der Waals surface area contributed by atoms with Gasteiger partial charge in [-0.05, 0) is 31.0 Å². The number of fused-ring (bicyclic) bond motifs is 1. The van der Waals surface area contributed by atoms with Gasteiger partial charge in [0.2, 0.25) is 0 Å². The minimum absolute atomic E-state index is 0.554. The molecule has 0 amide bonds. The summed E-state index contributed by atoms with van der Waals surface area (Å²) in [5, 5.41) is 3.37. The highest BCUT2D eigenvalue weighted by atomic mass is 16.3. The van der Waals surface area contributed by atoms with Gasteiger partial charge in [-0.25, -0.2) is 4.98 Å². The number of hydrogen-bond acceptors (Lipinski definition) is 4. The van der Waals surface area contributed by atoms with Crippen molar-refractivity contribution in [2.45, 2.75) is 20.3 Å². The van der Waals surface area contributed by atoms with E-state index in [4.69, 9.17) is 10.2 Å². The molecule has 1 heterocycles. The van der Waals surface area contributed by atoms with Crippen LogP contribution >= 0.6 is 0 Å². The van der Waals surface area contributed by atoms with Crippen LogP contribution in [0.4, 0.5) is 5.69 Å². The quantitative estimate of drug-likeness (QED) is 0.833. The Balaban J connectivity index is 1.99. The molecule has 0 spiro atoms. The maximum absolute atomic E-state index is 5.58. The van der Waals surface area contributed by atoms with Gasteiger partial charge in [0.15, 0.2) is 11.5 Å². The molecule has 0 fully saturated rings. The molecule has 0 aliphatic carbocycles. The van der Waals surface area contributed by atoms with E-state index in [1.54, 1.807) is 0 Å². The first kappa shape index (κ1) is 11.9. The third-order valence-electron chi connectivity index (χ3n) is 2.86. The normalized spacial score (nSPS) is 12.9. The Morgan fingerprint density at radius 2 is 2.29 bits per heavy atom. The molecule has 0 saturated carbocycles. The number of aryl methyl sites for hydroxylation is 1. The first-order valence-corrected chi connectivity index (χ1v) is 6.00. The predicted octanol–water partition coefficient (Wildman–Crippen LogP) is 2.53. The number of anilines is 1. The van der Waals surface area contributed by atoms with E-state index in [-0.39, 0.29) is 0 Å². The molecule has 0 bridgehead atoms. The van der Waals surface area contributed by atoms with E-state index >= 15 is 0 Å². The summed E-state index contributed by atoms with van der Waals surface area (Å²) in [5.74, 6) is 1.26. The number of benzene rings is 1. The molecule has 0 radical (unpaired) electrons. The maximum Gasteiger partial charge on any atom is 0.192 e. The number of hydrogen-bond donors (Lipinski definition) is 2. The van der Waals surface area contributed by atoms with Crippen LogP contribution in [0, 0.1) is 12.8 Å². The van der Waals surface area contributed by atoms with Gasteiger partial charge < -0.3 is 15.5 Å². The molecule has 4 nitrogen and oxygen atoms in total. The summed E-state index contributed by atoms with van der Waals surface area (Å²) >= 11 is 0. The summed E-state index contributed by atoms with van der Waals surface area (Å²) in [4.78, 5) is 4.27. The zero-order valence-corrected chi connectivity index (χ0v) is 10.4.